The summed E-state index contributed by atoms with van der Waals surface area (Å²) in [6.07, 6.45) is -4.10. The van der Waals surface area contributed by atoms with Crippen LogP contribution in [0.5, 0.6) is 0 Å². The van der Waals surface area contributed by atoms with E-state index in [-0.39, 0.29) is 6.61 Å². The molecule has 0 aromatic heterocycles. The first kappa shape index (κ1) is 22.6. The van der Waals surface area contributed by atoms with E-state index in [1.54, 1.807) is 0 Å². The molecule has 5 heteroatoms. The van der Waals surface area contributed by atoms with E-state index in [9.17, 15) is 0 Å². The molecule has 1 aliphatic heterocycles. The quantitative estimate of drug-likeness (QED) is 0.447. The highest BCUT2D eigenvalue weighted by atomic mass is 19.1. The molecule has 3 aromatic carbocycles. The first-order valence-corrected chi connectivity index (χ1v) is 11.0. The number of hydrogen-bond donors (Lipinski definition) is 0. The van der Waals surface area contributed by atoms with E-state index in [4.69, 9.17) is 18.9 Å². The lowest BCUT2D eigenvalue weighted by molar-refractivity contribution is -0.288. The average Bonchev–Trinajstić information content (AvgIpc) is 2.83. The summed E-state index contributed by atoms with van der Waals surface area (Å²) in [4.78, 5) is 0. The molecule has 0 N–H and O–H groups in total. The van der Waals surface area contributed by atoms with Crippen LogP contribution in [0, 0.1) is 0 Å². The highest BCUT2D eigenvalue weighted by Gasteiger charge is 2.47. The summed E-state index contributed by atoms with van der Waals surface area (Å²) >= 11 is 0. The van der Waals surface area contributed by atoms with Gasteiger partial charge < -0.3 is 18.9 Å². The van der Waals surface area contributed by atoms with E-state index in [1.807, 2.05) is 97.9 Å². The molecular weight excluding hydrogens is 407 g/mol. The Labute approximate surface area is 188 Å². The Hall–Kier alpha value is -2.57. The molecule has 4 nitrogen and oxygen atoms in total. The van der Waals surface area contributed by atoms with E-state index >= 15 is 4.39 Å². The standard InChI is InChI=1S/C27H29FO4/c1-20-24(29-17-21-11-5-2-6-12-21)25(30-18-22-13-7-3-8-14-22)26(27(28)32-20)31-19-23-15-9-4-10-16-23/h2-16,20,24-27H,17-19H2,1H3/t20-,24-,25+,26+,27+/m0/s1. The van der Waals surface area contributed by atoms with Gasteiger partial charge in [-0.3, -0.25) is 0 Å². The molecule has 3 aromatic rings. The Bertz CT molecular complexity index is 867. The van der Waals surface area contributed by atoms with E-state index in [1.165, 1.54) is 0 Å². The first-order chi connectivity index (χ1) is 15.7. The fourth-order valence-corrected chi connectivity index (χ4v) is 3.85. The van der Waals surface area contributed by atoms with Gasteiger partial charge in [-0.2, -0.15) is 0 Å². The highest BCUT2D eigenvalue weighted by molar-refractivity contribution is 5.15. The Morgan fingerprint density at radius 1 is 0.594 bits per heavy atom. The van der Waals surface area contributed by atoms with Crippen molar-refractivity contribution in [1.29, 1.82) is 0 Å². The van der Waals surface area contributed by atoms with Gasteiger partial charge >= 0.3 is 0 Å². The van der Waals surface area contributed by atoms with Crippen molar-refractivity contribution < 1.29 is 23.3 Å². The third kappa shape index (κ3) is 6.02. The van der Waals surface area contributed by atoms with Gasteiger partial charge in [-0.25, -0.2) is 4.39 Å². The molecule has 0 radical (unpaired) electrons. The fraction of sp³-hybridized carbons (Fsp3) is 0.333. The molecule has 1 heterocycles. The Morgan fingerprint density at radius 2 is 0.969 bits per heavy atom. The summed E-state index contributed by atoms with van der Waals surface area (Å²) in [5.41, 5.74) is 3.00. The van der Waals surface area contributed by atoms with Gasteiger partial charge in [-0.05, 0) is 23.6 Å². The monoisotopic (exact) mass is 436 g/mol. The van der Waals surface area contributed by atoms with Crippen molar-refractivity contribution >= 4 is 0 Å². The van der Waals surface area contributed by atoms with Crippen LogP contribution in [0.1, 0.15) is 23.6 Å². The molecule has 4 rings (SSSR count). The normalized spacial score (nSPS) is 25.5. The second kappa shape index (κ2) is 11.3. The molecular formula is C27H29FO4. The van der Waals surface area contributed by atoms with Crippen LogP contribution in [0.2, 0.25) is 0 Å². The maximum atomic E-state index is 15.0. The van der Waals surface area contributed by atoms with Gasteiger partial charge in [0.25, 0.3) is 0 Å². The maximum Gasteiger partial charge on any atom is 0.228 e. The van der Waals surface area contributed by atoms with Crippen LogP contribution in [0.3, 0.4) is 0 Å². The second-order valence-corrected chi connectivity index (χ2v) is 7.98. The highest BCUT2D eigenvalue weighted by Crippen LogP contribution is 2.30. The van der Waals surface area contributed by atoms with Gasteiger partial charge in [0, 0.05) is 0 Å². The molecule has 168 valence electrons. The molecule has 32 heavy (non-hydrogen) atoms. The SMILES string of the molecule is C[C@@H]1O[C@@H](F)[C@H](OCc2ccccc2)[C@H](OCc2ccccc2)[C@H]1OCc1ccccc1. The molecule has 0 unspecified atom stereocenters. The Morgan fingerprint density at radius 3 is 1.41 bits per heavy atom. The summed E-state index contributed by atoms with van der Waals surface area (Å²) in [6, 6.07) is 29.4. The molecule has 0 bridgehead atoms. The van der Waals surface area contributed by atoms with Crippen molar-refractivity contribution in [1.82, 2.24) is 0 Å². The van der Waals surface area contributed by atoms with Crippen molar-refractivity contribution in [3.05, 3.63) is 108 Å². The summed E-state index contributed by atoms with van der Waals surface area (Å²) in [6.45, 7) is 2.79. The summed E-state index contributed by atoms with van der Waals surface area (Å²) in [5, 5.41) is 0. The zero-order valence-corrected chi connectivity index (χ0v) is 18.2. The van der Waals surface area contributed by atoms with Gasteiger partial charge in [0.2, 0.25) is 6.36 Å². The van der Waals surface area contributed by atoms with E-state index < -0.39 is 30.8 Å². The molecule has 0 aliphatic carbocycles. The van der Waals surface area contributed by atoms with E-state index in [0.717, 1.165) is 16.7 Å². The maximum absolute atomic E-state index is 15.0. The van der Waals surface area contributed by atoms with Crippen LogP contribution >= 0.6 is 0 Å². The van der Waals surface area contributed by atoms with Gasteiger partial charge in [0.15, 0.2) is 0 Å². The van der Waals surface area contributed by atoms with E-state index in [0.29, 0.717) is 13.2 Å². The first-order valence-electron chi connectivity index (χ1n) is 11.0. The zero-order chi connectivity index (χ0) is 22.2. The van der Waals surface area contributed by atoms with Crippen LogP contribution in [0.25, 0.3) is 0 Å². The second-order valence-electron chi connectivity index (χ2n) is 7.98. The predicted octanol–water partition coefficient (Wildman–Crippen LogP) is 5.46. The Balaban J connectivity index is 1.50. The molecule has 5 atom stereocenters. The minimum absolute atomic E-state index is 0.264. The lowest BCUT2D eigenvalue weighted by Crippen LogP contribution is -2.58. The van der Waals surface area contributed by atoms with Crippen molar-refractivity contribution in [3.8, 4) is 0 Å². The van der Waals surface area contributed by atoms with Gasteiger partial charge in [0.1, 0.15) is 18.3 Å². The Kier molecular flexibility index (Phi) is 8.02. The van der Waals surface area contributed by atoms with Crippen molar-refractivity contribution in [2.24, 2.45) is 0 Å². The van der Waals surface area contributed by atoms with Crippen LogP contribution < -0.4 is 0 Å². The van der Waals surface area contributed by atoms with Crippen molar-refractivity contribution in [2.45, 2.75) is 57.5 Å². The third-order valence-corrected chi connectivity index (χ3v) is 5.57. The fourth-order valence-electron chi connectivity index (χ4n) is 3.85. The van der Waals surface area contributed by atoms with Crippen LogP contribution in [0.15, 0.2) is 91.0 Å². The number of alkyl halides is 1. The van der Waals surface area contributed by atoms with Crippen molar-refractivity contribution in [3.63, 3.8) is 0 Å². The number of rotatable bonds is 9. The average molecular weight is 437 g/mol. The van der Waals surface area contributed by atoms with Crippen LogP contribution in [0.4, 0.5) is 4.39 Å². The zero-order valence-electron chi connectivity index (χ0n) is 18.2. The molecule has 0 saturated carbocycles. The van der Waals surface area contributed by atoms with Crippen molar-refractivity contribution in [2.75, 3.05) is 0 Å². The molecule has 0 spiro atoms. The third-order valence-electron chi connectivity index (χ3n) is 5.57. The van der Waals surface area contributed by atoms with Crippen LogP contribution in [-0.4, -0.2) is 30.8 Å². The van der Waals surface area contributed by atoms with E-state index in [2.05, 4.69) is 0 Å². The largest absolute Gasteiger partial charge is 0.368 e. The van der Waals surface area contributed by atoms with Gasteiger partial charge in [-0.1, -0.05) is 91.0 Å². The number of hydrogen-bond acceptors (Lipinski definition) is 4. The number of ether oxygens (including phenoxy) is 4. The molecule has 1 fully saturated rings. The predicted molar refractivity (Wildman–Crippen MR) is 121 cm³/mol. The smallest absolute Gasteiger partial charge is 0.228 e. The number of benzene rings is 3. The molecule has 0 amide bonds. The topological polar surface area (TPSA) is 36.9 Å². The lowest BCUT2D eigenvalue weighted by atomic mass is 9.99. The summed E-state index contributed by atoms with van der Waals surface area (Å²) < 4.78 is 39.1. The van der Waals surface area contributed by atoms with Gasteiger partial charge in [0.05, 0.1) is 25.9 Å². The van der Waals surface area contributed by atoms with Gasteiger partial charge in [-0.15, -0.1) is 0 Å². The lowest BCUT2D eigenvalue weighted by Gasteiger charge is -2.42. The molecule has 1 saturated heterocycles. The molecule has 1 aliphatic rings. The van der Waals surface area contributed by atoms with Crippen LogP contribution in [-0.2, 0) is 38.8 Å². The summed E-state index contributed by atoms with van der Waals surface area (Å²) in [5.74, 6) is 0. The number of halogens is 1. The minimum atomic E-state index is -1.61. The minimum Gasteiger partial charge on any atom is -0.368 e. The summed E-state index contributed by atoms with van der Waals surface area (Å²) in [7, 11) is 0.